The van der Waals surface area contributed by atoms with Gasteiger partial charge in [0.2, 0.25) is 0 Å². The molecule has 1 aromatic heterocycles. The lowest BCUT2D eigenvalue weighted by Crippen LogP contribution is -2.45. The van der Waals surface area contributed by atoms with Gasteiger partial charge < -0.3 is 20.2 Å². The number of aliphatic carboxylic acids is 1. The molecule has 0 bridgehead atoms. The van der Waals surface area contributed by atoms with Crippen molar-refractivity contribution in [2.45, 2.75) is 12.5 Å². The fourth-order valence-electron chi connectivity index (χ4n) is 2.89. The molecule has 0 aliphatic carbocycles. The summed E-state index contributed by atoms with van der Waals surface area (Å²) in [5.41, 5.74) is 0.669. The average molecular weight is 449 g/mol. The summed E-state index contributed by atoms with van der Waals surface area (Å²) in [6.07, 6.45) is 2.59. The van der Waals surface area contributed by atoms with Gasteiger partial charge in [0.15, 0.2) is 5.76 Å². The highest BCUT2D eigenvalue weighted by molar-refractivity contribution is 6.05. The Labute approximate surface area is 187 Å². The van der Waals surface area contributed by atoms with Crippen molar-refractivity contribution in [2.75, 3.05) is 0 Å². The number of non-ortho nitro benzene ring substituents is 1. The van der Waals surface area contributed by atoms with Crippen molar-refractivity contribution in [1.29, 1.82) is 0 Å². The zero-order valence-corrected chi connectivity index (χ0v) is 17.1. The normalized spacial score (nSPS) is 11.9. The minimum absolute atomic E-state index is 0.0266. The largest absolute Gasteiger partial charge is 0.480 e. The molecule has 0 saturated carbocycles. The molecule has 3 rings (SSSR count). The maximum atomic E-state index is 12.9. The molecule has 0 aliphatic rings. The van der Waals surface area contributed by atoms with E-state index in [-0.39, 0.29) is 23.6 Å². The number of benzene rings is 2. The van der Waals surface area contributed by atoms with Crippen molar-refractivity contribution in [3.63, 3.8) is 0 Å². The van der Waals surface area contributed by atoms with Gasteiger partial charge in [-0.05, 0) is 41.5 Å². The second-order valence-electron chi connectivity index (χ2n) is 6.89. The topological polar surface area (TPSA) is 152 Å². The zero-order chi connectivity index (χ0) is 23.8. The Morgan fingerprint density at radius 1 is 1.03 bits per heavy atom. The minimum atomic E-state index is -1.26. The number of amides is 2. The minimum Gasteiger partial charge on any atom is -0.480 e. The van der Waals surface area contributed by atoms with Crippen molar-refractivity contribution < 1.29 is 28.8 Å². The Bertz CT molecular complexity index is 1170. The lowest BCUT2D eigenvalue weighted by molar-refractivity contribution is -0.384. The van der Waals surface area contributed by atoms with Crippen LogP contribution >= 0.6 is 0 Å². The number of carbonyl (C=O) groups is 3. The van der Waals surface area contributed by atoms with Crippen LogP contribution in [0.3, 0.4) is 0 Å². The van der Waals surface area contributed by atoms with Crippen LogP contribution in [0.4, 0.5) is 5.69 Å². The van der Waals surface area contributed by atoms with Crippen LogP contribution in [-0.4, -0.2) is 33.9 Å². The molecule has 3 N–H and O–H groups in total. The third kappa shape index (κ3) is 6.37. The predicted octanol–water partition coefficient (Wildman–Crippen LogP) is 2.77. The average Bonchev–Trinajstić information content (AvgIpc) is 3.34. The first-order valence-corrected chi connectivity index (χ1v) is 9.72. The second-order valence-corrected chi connectivity index (χ2v) is 6.89. The van der Waals surface area contributed by atoms with E-state index in [0.717, 1.165) is 0 Å². The summed E-state index contributed by atoms with van der Waals surface area (Å²) < 4.78 is 5.03. The molecular weight excluding hydrogens is 430 g/mol. The van der Waals surface area contributed by atoms with E-state index in [2.05, 4.69) is 10.6 Å². The number of nitro benzene ring substituents is 1. The number of carboxylic acid groups (broad SMARTS) is 1. The number of nitrogens with zero attached hydrogens (tertiary/aromatic N) is 1. The molecule has 0 aliphatic heterocycles. The van der Waals surface area contributed by atoms with Crippen LogP contribution in [0.1, 0.15) is 21.7 Å². The van der Waals surface area contributed by atoms with E-state index in [9.17, 15) is 29.6 Å². The van der Waals surface area contributed by atoms with E-state index in [4.69, 9.17) is 4.42 Å². The van der Waals surface area contributed by atoms with Crippen LogP contribution in [0.5, 0.6) is 0 Å². The highest BCUT2D eigenvalue weighted by Gasteiger charge is 2.24. The Hall–Kier alpha value is -4.73. The molecule has 33 heavy (non-hydrogen) atoms. The van der Waals surface area contributed by atoms with Gasteiger partial charge in [0, 0.05) is 18.6 Å². The molecule has 2 amide bonds. The quantitative estimate of drug-likeness (QED) is 0.258. The number of hydrogen-bond donors (Lipinski definition) is 3. The molecule has 168 valence electrons. The summed E-state index contributed by atoms with van der Waals surface area (Å²) in [7, 11) is 0. The molecule has 1 heterocycles. The first-order valence-electron chi connectivity index (χ1n) is 9.72. The first-order chi connectivity index (χ1) is 15.8. The van der Waals surface area contributed by atoms with E-state index in [1.807, 2.05) is 0 Å². The Morgan fingerprint density at radius 3 is 2.30 bits per heavy atom. The van der Waals surface area contributed by atoms with E-state index in [0.29, 0.717) is 11.1 Å². The standard InChI is InChI=1S/C23H19N3O7/c27-21(25-19(23(29)30)14-15-5-2-1-3-6-15)18(24-22(28)20-7-4-12-33-20)13-16-8-10-17(11-9-16)26(31)32/h1-13,19H,14H2,(H,24,28)(H,25,27)(H,29,30)/b18-13+/t19-/m0/s1. The van der Waals surface area contributed by atoms with Crippen LogP contribution in [0, 0.1) is 10.1 Å². The van der Waals surface area contributed by atoms with Gasteiger partial charge in [0.1, 0.15) is 11.7 Å². The SMILES string of the molecule is O=C(N[C@@H](Cc1ccccc1)C(=O)O)/C(=C\c1ccc([N+](=O)[O-])cc1)NC(=O)c1ccco1. The van der Waals surface area contributed by atoms with Crippen molar-refractivity contribution in [1.82, 2.24) is 10.6 Å². The Kier molecular flexibility index (Phi) is 7.32. The monoisotopic (exact) mass is 449 g/mol. The summed E-state index contributed by atoms with van der Waals surface area (Å²) in [6.45, 7) is 0. The van der Waals surface area contributed by atoms with E-state index in [1.54, 1.807) is 30.3 Å². The number of hydrogen-bond acceptors (Lipinski definition) is 6. The summed E-state index contributed by atoms with van der Waals surface area (Å²) in [5, 5.41) is 25.2. The third-order valence-electron chi connectivity index (χ3n) is 4.54. The van der Waals surface area contributed by atoms with Crippen LogP contribution in [0.2, 0.25) is 0 Å². The number of rotatable bonds is 9. The number of carbonyl (C=O) groups excluding carboxylic acids is 2. The molecule has 0 fully saturated rings. The number of nitrogens with one attached hydrogen (secondary N) is 2. The van der Waals surface area contributed by atoms with Gasteiger partial charge in [-0.2, -0.15) is 0 Å². The van der Waals surface area contributed by atoms with Gasteiger partial charge in [-0.3, -0.25) is 19.7 Å². The molecule has 10 heteroatoms. The molecule has 10 nitrogen and oxygen atoms in total. The van der Waals surface area contributed by atoms with Gasteiger partial charge in [-0.1, -0.05) is 30.3 Å². The molecular formula is C23H19N3O7. The van der Waals surface area contributed by atoms with Crippen molar-refractivity contribution in [2.24, 2.45) is 0 Å². The van der Waals surface area contributed by atoms with Gasteiger partial charge >= 0.3 is 5.97 Å². The van der Waals surface area contributed by atoms with Gasteiger partial charge in [0.05, 0.1) is 11.2 Å². The molecule has 0 saturated heterocycles. The van der Waals surface area contributed by atoms with Crippen molar-refractivity contribution in [3.8, 4) is 0 Å². The molecule has 1 atom stereocenters. The Balaban J connectivity index is 1.86. The lowest BCUT2D eigenvalue weighted by Gasteiger charge is -2.16. The Morgan fingerprint density at radius 2 is 1.73 bits per heavy atom. The highest BCUT2D eigenvalue weighted by atomic mass is 16.6. The summed E-state index contributed by atoms with van der Waals surface area (Å²) in [4.78, 5) is 47.4. The van der Waals surface area contributed by atoms with Crippen LogP contribution in [0.15, 0.2) is 83.1 Å². The number of nitro groups is 1. The molecule has 0 unspecified atom stereocenters. The third-order valence-corrected chi connectivity index (χ3v) is 4.54. The van der Waals surface area contributed by atoms with Crippen LogP contribution in [-0.2, 0) is 16.0 Å². The number of furan rings is 1. The number of carboxylic acids is 1. The van der Waals surface area contributed by atoms with E-state index >= 15 is 0 Å². The fourth-order valence-corrected chi connectivity index (χ4v) is 2.89. The summed E-state index contributed by atoms with van der Waals surface area (Å²) in [5.74, 6) is -2.88. The zero-order valence-electron chi connectivity index (χ0n) is 17.1. The molecule has 0 spiro atoms. The second kappa shape index (κ2) is 10.5. The van der Waals surface area contributed by atoms with Crippen molar-refractivity contribution in [3.05, 3.63) is 106 Å². The summed E-state index contributed by atoms with van der Waals surface area (Å²) in [6, 6.07) is 15.6. The molecule has 0 radical (unpaired) electrons. The van der Waals surface area contributed by atoms with E-state index < -0.39 is 28.7 Å². The van der Waals surface area contributed by atoms with Crippen molar-refractivity contribution >= 4 is 29.5 Å². The highest BCUT2D eigenvalue weighted by Crippen LogP contribution is 2.15. The van der Waals surface area contributed by atoms with Crippen LogP contribution in [0.25, 0.3) is 6.08 Å². The van der Waals surface area contributed by atoms with Gasteiger partial charge in [-0.15, -0.1) is 0 Å². The molecule has 3 aromatic rings. The maximum absolute atomic E-state index is 12.9. The van der Waals surface area contributed by atoms with E-state index in [1.165, 1.54) is 48.7 Å². The van der Waals surface area contributed by atoms with Crippen LogP contribution < -0.4 is 10.6 Å². The predicted molar refractivity (Wildman–Crippen MR) is 117 cm³/mol. The van der Waals surface area contributed by atoms with Gasteiger partial charge in [0.25, 0.3) is 17.5 Å². The fraction of sp³-hybridized carbons (Fsp3) is 0.0870. The molecule has 2 aromatic carbocycles. The smallest absolute Gasteiger partial charge is 0.326 e. The first kappa shape index (κ1) is 22.9. The summed E-state index contributed by atoms with van der Waals surface area (Å²) >= 11 is 0. The van der Waals surface area contributed by atoms with Gasteiger partial charge in [-0.25, -0.2) is 4.79 Å². The maximum Gasteiger partial charge on any atom is 0.326 e. The lowest BCUT2D eigenvalue weighted by atomic mass is 10.1.